The maximum absolute atomic E-state index is 11.9. The topological polar surface area (TPSA) is 82.6 Å². The van der Waals surface area contributed by atoms with Crippen LogP contribution in [0.3, 0.4) is 0 Å². The zero-order chi connectivity index (χ0) is 18.8. The van der Waals surface area contributed by atoms with E-state index in [-0.39, 0.29) is 28.7 Å². The van der Waals surface area contributed by atoms with Gasteiger partial charge in [0, 0.05) is 5.56 Å². The van der Waals surface area contributed by atoms with Crippen molar-refractivity contribution < 1.29 is 18.9 Å². The third kappa shape index (κ3) is 3.21. The normalized spacial score (nSPS) is 12.6. The van der Waals surface area contributed by atoms with Crippen molar-refractivity contribution in [1.82, 2.24) is 0 Å². The second-order valence-corrected chi connectivity index (χ2v) is 6.44. The van der Waals surface area contributed by atoms with Gasteiger partial charge in [-0.3, -0.25) is 14.9 Å². The number of nitro benzene ring substituents is 1. The molecule has 0 N–H and O–H groups in total. The van der Waals surface area contributed by atoms with Crippen molar-refractivity contribution in [3.05, 3.63) is 81.1 Å². The average molecular weight is 363 g/mol. The largest absolute Gasteiger partial charge is 0.481 e. The number of rotatable bonds is 6. The molecule has 0 aliphatic heterocycles. The Morgan fingerprint density at radius 3 is 2.67 bits per heavy atom. The first-order valence-corrected chi connectivity index (χ1v) is 8.72. The van der Waals surface area contributed by atoms with Crippen molar-refractivity contribution in [2.24, 2.45) is 0 Å². The minimum atomic E-state index is -0.377. The lowest BCUT2D eigenvalue weighted by atomic mass is 10.0. The van der Waals surface area contributed by atoms with Crippen LogP contribution in [0.5, 0.6) is 5.75 Å². The summed E-state index contributed by atoms with van der Waals surface area (Å²) in [6.45, 7) is 0.203. The molecule has 4 rings (SSSR count). The van der Waals surface area contributed by atoms with Crippen LogP contribution in [0.2, 0.25) is 0 Å². The van der Waals surface area contributed by atoms with Gasteiger partial charge in [-0.1, -0.05) is 30.3 Å². The van der Waals surface area contributed by atoms with Crippen molar-refractivity contribution in [1.29, 1.82) is 0 Å². The highest BCUT2D eigenvalue weighted by Gasteiger charge is 2.31. The van der Waals surface area contributed by atoms with E-state index in [0.717, 1.165) is 29.5 Å². The molecular weight excluding hydrogens is 346 g/mol. The third-order valence-corrected chi connectivity index (χ3v) is 4.74. The molecule has 0 unspecified atom stereocenters. The van der Waals surface area contributed by atoms with E-state index in [4.69, 9.17) is 9.15 Å². The molecule has 136 valence electrons. The molecule has 0 saturated carbocycles. The summed E-state index contributed by atoms with van der Waals surface area (Å²) in [5.41, 5.74) is 3.08. The second kappa shape index (κ2) is 7.07. The van der Waals surface area contributed by atoms with Crippen LogP contribution < -0.4 is 4.74 Å². The Morgan fingerprint density at radius 1 is 1.15 bits per heavy atom. The number of hydrogen-bond acceptors (Lipinski definition) is 5. The molecule has 0 saturated heterocycles. The first kappa shape index (κ1) is 17.0. The van der Waals surface area contributed by atoms with E-state index in [1.165, 1.54) is 0 Å². The molecule has 3 aromatic rings. The van der Waals surface area contributed by atoms with E-state index in [9.17, 15) is 14.9 Å². The van der Waals surface area contributed by atoms with Crippen molar-refractivity contribution in [2.45, 2.75) is 25.9 Å². The molecule has 1 aliphatic rings. The zero-order valence-corrected chi connectivity index (χ0v) is 14.5. The van der Waals surface area contributed by atoms with E-state index in [1.807, 2.05) is 36.4 Å². The minimum Gasteiger partial charge on any atom is -0.481 e. The van der Waals surface area contributed by atoms with E-state index < -0.39 is 0 Å². The number of carbonyl (C=O) groups excluding carboxylic acids is 1. The molecule has 0 atom stereocenters. The molecule has 27 heavy (non-hydrogen) atoms. The second-order valence-electron chi connectivity index (χ2n) is 6.44. The lowest BCUT2D eigenvalue weighted by Crippen LogP contribution is -2.04. The van der Waals surface area contributed by atoms with Crippen LogP contribution in [0.15, 0.2) is 52.9 Å². The van der Waals surface area contributed by atoms with Gasteiger partial charge in [0.2, 0.25) is 5.75 Å². The number of ether oxygens (including phenoxy) is 1. The van der Waals surface area contributed by atoms with Crippen LogP contribution in [0.25, 0.3) is 11.3 Å². The Bertz CT molecular complexity index is 1010. The van der Waals surface area contributed by atoms with Gasteiger partial charge in [-0.2, -0.15) is 0 Å². The van der Waals surface area contributed by atoms with Gasteiger partial charge in [0.1, 0.15) is 12.4 Å². The molecule has 1 aromatic heterocycles. The van der Waals surface area contributed by atoms with Crippen molar-refractivity contribution in [3.8, 4) is 17.1 Å². The highest BCUT2D eigenvalue weighted by atomic mass is 16.6. The molecule has 0 bridgehead atoms. The molecule has 0 amide bonds. The van der Waals surface area contributed by atoms with Crippen molar-refractivity contribution in [2.75, 3.05) is 0 Å². The predicted octanol–water partition coefficient (Wildman–Crippen LogP) is 4.74. The number of aldehydes is 1. The molecule has 1 aliphatic carbocycles. The number of aryl methyl sites for hydroxylation is 1. The van der Waals surface area contributed by atoms with Gasteiger partial charge in [-0.15, -0.1) is 0 Å². The number of benzene rings is 2. The van der Waals surface area contributed by atoms with E-state index in [1.54, 1.807) is 12.1 Å². The van der Waals surface area contributed by atoms with Gasteiger partial charge in [-0.25, -0.2) is 0 Å². The van der Waals surface area contributed by atoms with Gasteiger partial charge in [0.25, 0.3) is 0 Å². The molecular formula is C21H17NO5. The van der Waals surface area contributed by atoms with Crippen LogP contribution in [-0.2, 0) is 19.4 Å². The molecule has 6 nitrogen and oxygen atoms in total. The number of fused-ring (bicyclic) bond motifs is 1. The third-order valence-electron chi connectivity index (χ3n) is 4.74. The fourth-order valence-electron chi connectivity index (χ4n) is 3.51. The summed E-state index contributed by atoms with van der Waals surface area (Å²) in [4.78, 5) is 22.5. The summed E-state index contributed by atoms with van der Waals surface area (Å²) >= 11 is 0. The van der Waals surface area contributed by atoms with Crippen LogP contribution in [0, 0.1) is 10.1 Å². The van der Waals surface area contributed by atoms with Gasteiger partial charge in [0.05, 0.1) is 10.5 Å². The minimum absolute atomic E-state index is 0.0000146. The van der Waals surface area contributed by atoms with Gasteiger partial charge < -0.3 is 9.15 Å². The Balaban J connectivity index is 1.84. The molecule has 0 radical (unpaired) electrons. The predicted molar refractivity (Wildman–Crippen MR) is 99.0 cm³/mol. The number of hydrogen-bond donors (Lipinski definition) is 0. The molecule has 0 spiro atoms. The first-order chi connectivity index (χ1) is 13.2. The average Bonchev–Trinajstić information content (AvgIpc) is 3.34. The SMILES string of the molecule is O=Cc1ccc(-c2cc3c(c([N+](=O)[O-])c2OCc2ccccc2)CCC3)o1. The maximum Gasteiger partial charge on any atom is 0.315 e. The van der Waals surface area contributed by atoms with Crippen molar-refractivity contribution >= 4 is 12.0 Å². The van der Waals surface area contributed by atoms with Gasteiger partial charge >= 0.3 is 5.69 Å². The highest BCUT2D eigenvalue weighted by molar-refractivity contribution is 5.79. The van der Waals surface area contributed by atoms with Gasteiger partial charge in [0.15, 0.2) is 12.0 Å². The highest BCUT2D eigenvalue weighted by Crippen LogP contribution is 2.45. The summed E-state index contributed by atoms with van der Waals surface area (Å²) in [5, 5.41) is 11.9. The Labute approximate surface area is 155 Å². The van der Waals surface area contributed by atoms with E-state index in [0.29, 0.717) is 24.0 Å². The number of carbonyl (C=O) groups is 1. The summed E-state index contributed by atoms with van der Waals surface area (Å²) in [6, 6.07) is 14.5. The van der Waals surface area contributed by atoms with Crippen LogP contribution in [0.1, 0.15) is 33.7 Å². The van der Waals surface area contributed by atoms with Crippen molar-refractivity contribution in [3.63, 3.8) is 0 Å². The first-order valence-electron chi connectivity index (χ1n) is 8.72. The van der Waals surface area contributed by atoms with Crippen LogP contribution in [-0.4, -0.2) is 11.2 Å². The molecule has 0 fully saturated rings. The fraction of sp³-hybridized carbons (Fsp3) is 0.190. The van der Waals surface area contributed by atoms with E-state index >= 15 is 0 Å². The number of furan rings is 1. The number of nitro groups is 1. The Morgan fingerprint density at radius 2 is 1.96 bits per heavy atom. The molecule has 1 heterocycles. The standard InChI is InChI=1S/C21H17NO5/c23-12-16-9-10-19(27-16)18-11-15-7-4-8-17(15)20(22(24)25)21(18)26-13-14-5-2-1-3-6-14/h1-3,5-6,9-12H,4,7-8,13H2. The lowest BCUT2D eigenvalue weighted by molar-refractivity contribution is -0.386. The Hall–Kier alpha value is -3.41. The summed E-state index contributed by atoms with van der Waals surface area (Å²) < 4.78 is 11.5. The smallest absolute Gasteiger partial charge is 0.315 e. The fourth-order valence-corrected chi connectivity index (χ4v) is 3.51. The molecule has 2 aromatic carbocycles. The molecule has 6 heteroatoms. The Kier molecular flexibility index (Phi) is 4.46. The summed E-state index contributed by atoms with van der Waals surface area (Å²) in [5.74, 6) is 0.747. The van der Waals surface area contributed by atoms with Crippen LogP contribution >= 0.6 is 0 Å². The zero-order valence-electron chi connectivity index (χ0n) is 14.5. The van der Waals surface area contributed by atoms with E-state index in [2.05, 4.69) is 0 Å². The number of nitrogens with zero attached hydrogens (tertiary/aromatic N) is 1. The quantitative estimate of drug-likeness (QED) is 0.359. The van der Waals surface area contributed by atoms with Gasteiger partial charge in [-0.05, 0) is 48.6 Å². The summed E-state index contributed by atoms with van der Waals surface area (Å²) in [6.07, 6.45) is 2.92. The van der Waals surface area contributed by atoms with Crippen LogP contribution in [0.4, 0.5) is 5.69 Å². The summed E-state index contributed by atoms with van der Waals surface area (Å²) in [7, 11) is 0. The monoisotopic (exact) mass is 363 g/mol. The lowest BCUT2D eigenvalue weighted by Gasteiger charge is -2.14. The maximum atomic E-state index is 11.9.